The van der Waals surface area contributed by atoms with Crippen LogP contribution < -0.4 is 5.32 Å². The molecule has 176 valence electrons. The zero-order valence-corrected chi connectivity index (χ0v) is 21.3. The molecule has 7 heteroatoms. The first-order valence-electron chi connectivity index (χ1n) is 11.3. The number of H-pyrrole nitrogens is 1. The molecule has 1 atom stereocenters. The minimum absolute atomic E-state index is 0.179. The van der Waals surface area contributed by atoms with Crippen LogP contribution in [0.3, 0.4) is 0 Å². The van der Waals surface area contributed by atoms with Gasteiger partial charge in [-0.05, 0) is 66.9 Å². The molecule has 2 heterocycles. The minimum Gasteiger partial charge on any atom is -0.394 e. The lowest BCUT2D eigenvalue weighted by atomic mass is 10.0. The van der Waals surface area contributed by atoms with Gasteiger partial charge in [0.2, 0.25) is 0 Å². The number of nitrogens with one attached hydrogen (secondary N) is 2. The minimum atomic E-state index is -0.446. The zero-order chi connectivity index (χ0) is 24.5. The molecule has 0 aliphatic rings. The molecule has 3 N–H and O–H groups in total. The average molecular weight is 549 g/mol. The number of aryl methyl sites for hydroxylation is 1. The third kappa shape index (κ3) is 4.82. The van der Waals surface area contributed by atoms with E-state index in [1.165, 1.54) is 0 Å². The van der Waals surface area contributed by atoms with Crippen LogP contribution in [0.25, 0.3) is 33.1 Å². The number of halogens is 2. The van der Waals surface area contributed by atoms with Crippen LogP contribution >= 0.6 is 27.5 Å². The third-order valence-corrected chi connectivity index (χ3v) is 7.08. The van der Waals surface area contributed by atoms with Gasteiger partial charge < -0.3 is 15.4 Å². The lowest BCUT2D eigenvalue weighted by Crippen LogP contribution is -2.39. The van der Waals surface area contributed by atoms with Gasteiger partial charge in [0.1, 0.15) is 0 Å². The maximum Gasteiger partial charge on any atom is 0.252 e. The molecule has 3 aromatic carbocycles. The Kier molecular flexibility index (Phi) is 6.60. The van der Waals surface area contributed by atoms with E-state index in [4.69, 9.17) is 16.6 Å². The number of carbonyl (C=O) groups excluding carboxylic acids is 1. The van der Waals surface area contributed by atoms with Gasteiger partial charge in [0.15, 0.2) is 0 Å². The van der Waals surface area contributed by atoms with Crippen molar-refractivity contribution in [1.29, 1.82) is 0 Å². The molecule has 0 bridgehead atoms. The molecule has 0 fully saturated rings. The molecule has 0 aliphatic carbocycles. The Balaban J connectivity index is 1.50. The van der Waals surface area contributed by atoms with E-state index in [1.54, 1.807) is 6.07 Å². The first kappa shape index (κ1) is 23.5. The SMILES string of the molecule is Cc1cc(-c2cc(C(=O)N[C@@H](CO)Cc3c[nH]c4ccccc34)c3cc(Br)ccc3n2)ccc1Cl. The Bertz CT molecular complexity index is 1560. The second-order valence-electron chi connectivity index (χ2n) is 8.60. The number of hydrogen-bond acceptors (Lipinski definition) is 3. The second-order valence-corrected chi connectivity index (χ2v) is 9.92. The molecule has 35 heavy (non-hydrogen) atoms. The van der Waals surface area contributed by atoms with Crippen molar-refractivity contribution in [3.63, 3.8) is 0 Å². The lowest BCUT2D eigenvalue weighted by molar-refractivity contribution is 0.0918. The van der Waals surface area contributed by atoms with Crippen molar-refractivity contribution in [3.05, 3.63) is 99.1 Å². The molecule has 5 rings (SSSR count). The van der Waals surface area contributed by atoms with Gasteiger partial charge in [0.05, 0.1) is 29.4 Å². The third-order valence-electron chi connectivity index (χ3n) is 6.17. The smallest absolute Gasteiger partial charge is 0.252 e. The van der Waals surface area contributed by atoms with Crippen LogP contribution in [-0.4, -0.2) is 33.6 Å². The van der Waals surface area contributed by atoms with Crippen LogP contribution in [0.2, 0.25) is 5.02 Å². The summed E-state index contributed by atoms with van der Waals surface area (Å²) in [5.41, 5.74) is 5.77. The monoisotopic (exact) mass is 547 g/mol. The highest BCUT2D eigenvalue weighted by Crippen LogP contribution is 2.29. The van der Waals surface area contributed by atoms with Gasteiger partial charge in [-0.3, -0.25) is 4.79 Å². The van der Waals surface area contributed by atoms with Crippen molar-refractivity contribution in [2.24, 2.45) is 0 Å². The summed E-state index contributed by atoms with van der Waals surface area (Å²) in [6.07, 6.45) is 2.43. The van der Waals surface area contributed by atoms with Crippen molar-refractivity contribution in [2.75, 3.05) is 6.61 Å². The number of fused-ring (bicyclic) bond motifs is 2. The molecule has 1 amide bonds. The quantitative estimate of drug-likeness (QED) is 0.228. The van der Waals surface area contributed by atoms with Gasteiger partial charge in [-0.1, -0.05) is 51.8 Å². The largest absolute Gasteiger partial charge is 0.394 e. The zero-order valence-electron chi connectivity index (χ0n) is 19.0. The molecule has 2 aromatic heterocycles. The Morgan fingerprint density at radius 1 is 1.11 bits per heavy atom. The number of aliphatic hydroxyl groups is 1. The standard InChI is InChI=1S/C28H23BrClN3O2/c1-16-10-17(6-8-24(16)30)27-13-23(22-12-19(29)7-9-26(22)33-27)28(35)32-20(15-34)11-18-14-31-25-5-3-2-4-21(18)25/h2-10,12-14,20,31,34H,11,15H2,1H3,(H,32,35)/t20-/m1/s1. The summed E-state index contributed by atoms with van der Waals surface area (Å²) in [6, 6.07) is 20.7. The molecular formula is C28H23BrClN3O2. The average Bonchev–Trinajstić information content (AvgIpc) is 3.27. The highest BCUT2D eigenvalue weighted by Gasteiger charge is 2.19. The van der Waals surface area contributed by atoms with Gasteiger partial charge in [-0.25, -0.2) is 4.98 Å². The number of aromatic nitrogens is 2. The number of benzene rings is 3. The van der Waals surface area contributed by atoms with Gasteiger partial charge >= 0.3 is 0 Å². The van der Waals surface area contributed by atoms with Crippen molar-refractivity contribution >= 4 is 55.2 Å². The Morgan fingerprint density at radius 3 is 2.74 bits per heavy atom. The van der Waals surface area contributed by atoms with Crippen molar-refractivity contribution in [3.8, 4) is 11.3 Å². The van der Waals surface area contributed by atoms with E-state index < -0.39 is 6.04 Å². The molecule has 5 aromatic rings. The molecule has 0 radical (unpaired) electrons. The van der Waals surface area contributed by atoms with E-state index in [2.05, 4.69) is 26.2 Å². The van der Waals surface area contributed by atoms with E-state index in [9.17, 15) is 9.90 Å². The molecule has 0 saturated carbocycles. The van der Waals surface area contributed by atoms with E-state index in [1.807, 2.05) is 73.8 Å². The molecule has 0 spiro atoms. The summed E-state index contributed by atoms with van der Waals surface area (Å²) in [6.45, 7) is 1.76. The van der Waals surface area contributed by atoms with Crippen molar-refractivity contribution in [1.82, 2.24) is 15.3 Å². The number of carbonyl (C=O) groups is 1. The number of rotatable bonds is 6. The van der Waals surface area contributed by atoms with Gasteiger partial charge in [-0.2, -0.15) is 0 Å². The summed E-state index contributed by atoms with van der Waals surface area (Å²) in [7, 11) is 0. The summed E-state index contributed by atoms with van der Waals surface area (Å²) in [4.78, 5) is 21.6. The maximum absolute atomic E-state index is 13.5. The van der Waals surface area contributed by atoms with Crippen LogP contribution in [0.15, 0.2) is 77.4 Å². The number of para-hydroxylation sites is 1. The topological polar surface area (TPSA) is 78.0 Å². The van der Waals surface area contributed by atoms with Crippen LogP contribution in [0.5, 0.6) is 0 Å². The van der Waals surface area contributed by atoms with Gasteiger partial charge in [-0.15, -0.1) is 0 Å². The summed E-state index contributed by atoms with van der Waals surface area (Å²) in [5.74, 6) is -0.263. The normalized spacial score (nSPS) is 12.2. The summed E-state index contributed by atoms with van der Waals surface area (Å²) in [5, 5.41) is 15.6. The van der Waals surface area contributed by atoms with Crippen LogP contribution in [0.4, 0.5) is 0 Å². The van der Waals surface area contributed by atoms with E-state index in [0.29, 0.717) is 28.2 Å². The van der Waals surface area contributed by atoms with Gasteiger partial charge in [0.25, 0.3) is 5.91 Å². The summed E-state index contributed by atoms with van der Waals surface area (Å²) < 4.78 is 0.855. The van der Waals surface area contributed by atoms with Crippen molar-refractivity contribution in [2.45, 2.75) is 19.4 Å². The Hall–Kier alpha value is -3.19. The molecule has 5 nitrogen and oxygen atoms in total. The number of nitrogens with zero attached hydrogens (tertiary/aromatic N) is 1. The fourth-order valence-corrected chi connectivity index (χ4v) is 4.81. The van der Waals surface area contributed by atoms with Gasteiger partial charge in [0, 0.05) is 37.5 Å². The van der Waals surface area contributed by atoms with E-state index >= 15 is 0 Å². The van der Waals surface area contributed by atoms with Crippen molar-refractivity contribution < 1.29 is 9.90 Å². The number of pyridine rings is 1. The highest BCUT2D eigenvalue weighted by atomic mass is 79.9. The Morgan fingerprint density at radius 2 is 1.94 bits per heavy atom. The number of aliphatic hydroxyl groups excluding tert-OH is 1. The molecule has 0 unspecified atom stereocenters. The number of hydrogen-bond donors (Lipinski definition) is 3. The van der Waals surface area contributed by atoms with E-state index in [0.717, 1.165) is 37.5 Å². The maximum atomic E-state index is 13.5. The molecular weight excluding hydrogens is 526 g/mol. The first-order valence-corrected chi connectivity index (χ1v) is 12.4. The van der Waals surface area contributed by atoms with Crippen LogP contribution in [0.1, 0.15) is 21.5 Å². The fourth-order valence-electron chi connectivity index (χ4n) is 4.33. The lowest BCUT2D eigenvalue weighted by Gasteiger charge is -2.18. The fraction of sp³-hybridized carbons (Fsp3) is 0.143. The predicted molar refractivity (Wildman–Crippen MR) is 145 cm³/mol. The number of amides is 1. The van der Waals surface area contributed by atoms with Crippen LogP contribution in [-0.2, 0) is 6.42 Å². The van der Waals surface area contributed by atoms with E-state index in [-0.39, 0.29) is 12.5 Å². The number of aromatic amines is 1. The first-order chi connectivity index (χ1) is 16.9. The summed E-state index contributed by atoms with van der Waals surface area (Å²) >= 11 is 9.72. The highest BCUT2D eigenvalue weighted by molar-refractivity contribution is 9.10. The second kappa shape index (κ2) is 9.82. The predicted octanol–water partition coefficient (Wildman–Crippen LogP) is 6.44. The molecule has 0 saturated heterocycles. The Labute approximate surface area is 216 Å². The van der Waals surface area contributed by atoms with Crippen LogP contribution in [0, 0.1) is 6.92 Å². The molecule has 0 aliphatic heterocycles.